The van der Waals surface area contributed by atoms with E-state index in [2.05, 4.69) is 0 Å². The van der Waals surface area contributed by atoms with Crippen LogP contribution < -0.4 is 0 Å². The van der Waals surface area contributed by atoms with Crippen molar-refractivity contribution in [1.29, 1.82) is 0 Å². The van der Waals surface area contributed by atoms with Crippen LogP contribution in [0.25, 0.3) is 0 Å². The van der Waals surface area contributed by atoms with Crippen molar-refractivity contribution in [2.75, 3.05) is 26.8 Å². The van der Waals surface area contributed by atoms with E-state index in [0.717, 1.165) is 5.56 Å². The summed E-state index contributed by atoms with van der Waals surface area (Å²) in [7, 11) is 1.54. The lowest BCUT2D eigenvalue weighted by Crippen LogP contribution is -2.46. The lowest BCUT2D eigenvalue weighted by Gasteiger charge is -2.33. The standard InChI is InChI=1S/C17H23Cl2NO4/c1-16(2,3)14-8-20(15(21)22)9-17(23-4,10-24-14)11-5-6-12(18)13(19)7-11/h5-7,14H,8-10H2,1-4H3,(H,21,22)/t14-,17-/m1/s1. The molecule has 24 heavy (non-hydrogen) atoms. The highest BCUT2D eigenvalue weighted by Gasteiger charge is 2.43. The number of hydrogen-bond donors (Lipinski definition) is 1. The fraction of sp³-hybridized carbons (Fsp3) is 0.588. The van der Waals surface area contributed by atoms with Crippen LogP contribution in [0, 0.1) is 5.41 Å². The lowest BCUT2D eigenvalue weighted by molar-refractivity contribution is -0.101. The van der Waals surface area contributed by atoms with Crippen LogP contribution in [0.15, 0.2) is 18.2 Å². The van der Waals surface area contributed by atoms with E-state index >= 15 is 0 Å². The van der Waals surface area contributed by atoms with Crippen LogP contribution in [0.3, 0.4) is 0 Å². The van der Waals surface area contributed by atoms with Crippen molar-refractivity contribution in [1.82, 2.24) is 4.90 Å². The van der Waals surface area contributed by atoms with Gasteiger partial charge in [0.1, 0.15) is 5.60 Å². The number of carbonyl (C=O) groups is 1. The van der Waals surface area contributed by atoms with Crippen LogP contribution in [0.5, 0.6) is 0 Å². The lowest BCUT2D eigenvalue weighted by atomic mass is 9.89. The second kappa shape index (κ2) is 7.08. The van der Waals surface area contributed by atoms with Gasteiger partial charge in [-0.3, -0.25) is 0 Å². The Morgan fingerprint density at radius 2 is 2.04 bits per heavy atom. The molecule has 0 saturated carbocycles. The molecule has 1 N–H and O–H groups in total. The molecule has 1 aromatic rings. The molecule has 0 unspecified atom stereocenters. The third-order valence-corrected chi connectivity index (χ3v) is 5.16. The number of benzene rings is 1. The minimum Gasteiger partial charge on any atom is -0.465 e. The van der Waals surface area contributed by atoms with E-state index in [0.29, 0.717) is 10.0 Å². The average Bonchev–Trinajstić information content (AvgIpc) is 2.70. The van der Waals surface area contributed by atoms with Crippen LogP contribution in [0.2, 0.25) is 10.0 Å². The first-order valence-corrected chi connectivity index (χ1v) is 8.45. The maximum atomic E-state index is 11.7. The summed E-state index contributed by atoms with van der Waals surface area (Å²) < 4.78 is 11.8. The Kier molecular flexibility index (Phi) is 5.70. The van der Waals surface area contributed by atoms with Crippen LogP contribution >= 0.6 is 23.2 Å². The topological polar surface area (TPSA) is 59.0 Å². The van der Waals surface area contributed by atoms with Gasteiger partial charge in [0.15, 0.2) is 0 Å². The van der Waals surface area contributed by atoms with E-state index in [4.69, 9.17) is 32.7 Å². The molecule has 7 heteroatoms. The Labute approximate surface area is 152 Å². The van der Waals surface area contributed by atoms with E-state index in [1.165, 1.54) is 4.90 Å². The first-order valence-electron chi connectivity index (χ1n) is 7.69. The van der Waals surface area contributed by atoms with Gasteiger partial charge in [-0.05, 0) is 23.1 Å². The normalized spacial score (nSPS) is 25.4. The summed E-state index contributed by atoms with van der Waals surface area (Å²) >= 11 is 12.1. The number of halogens is 2. The van der Waals surface area contributed by atoms with Gasteiger partial charge in [-0.2, -0.15) is 0 Å². The summed E-state index contributed by atoms with van der Waals surface area (Å²) in [4.78, 5) is 13.0. The van der Waals surface area contributed by atoms with Crippen molar-refractivity contribution < 1.29 is 19.4 Å². The van der Waals surface area contributed by atoms with Crippen LogP contribution in [-0.2, 0) is 15.1 Å². The molecule has 0 aliphatic carbocycles. The fourth-order valence-electron chi connectivity index (χ4n) is 2.77. The van der Waals surface area contributed by atoms with E-state index in [9.17, 15) is 9.90 Å². The second-order valence-corrected chi connectivity index (χ2v) is 7.97. The number of amides is 1. The Hall–Kier alpha value is -1.01. The van der Waals surface area contributed by atoms with Crippen LogP contribution in [-0.4, -0.2) is 49.0 Å². The molecule has 0 aromatic heterocycles. The monoisotopic (exact) mass is 375 g/mol. The van der Waals surface area contributed by atoms with Crippen molar-refractivity contribution in [3.8, 4) is 0 Å². The van der Waals surface area contributed by atoms with Gasteiger partial charge in [-0.15, -0.1) is 0 Å². The summed E-state index contributed by atoms with van der Waals surface area (Å²) in [5, 5.41) is 10.4. The van der Waals surface area contributed by atoms with Gasteiger partial charge >= 0.3 is 6.09 Å². The second-order valence-electron chi connectivity index (χ2n) is 7.16. The predicted molar refractivity (Wildman–Crippen MR) is 93.9 cm³/mol. The first-order chi connectivity index (χ1) is 11.1. The third-order valence-electron chi connectivity index (χ3n) is 4.42. The molecule has 1 amide bonds. The first kappa shape index (κ1) is 19.3. The Morgan fingerprint density at radius 3 is 2.54 bits per heavy atom. The molecule has 1 fully saturated rings. The Bertz CT molecular complexity index is 617. The zero-order chi connectivity index (χ0) is 18.1. The van der Waals surface area contributed by atoms with Crippen molar-refractivity contribution in [3.63, 3.8) is 0 Å². The molecular weight excluding hydrogens is 353 g/mol. The minimum atomic E-state index is -1.00. The summed E-state index contributed by atoms with van der Waals surface area (Å²) in [5.41, 5.74) is -0.401. The van der Waals surface area contributed by atoms with Crippen molar-refractivity contribution in [2.45, 2.75) is 32.5 Å². The maximum absolute atomic E-state index is 11.7. The fourth-order valence-corrected chi connectivity index (χ4v) is 3.07. The predicted octanol–water partition coefficient (Wildman–Crippen LogP) is 4.26. The summed E-state index contributed by atoms with van der Waals surface area (Å²) in [6.07, 6.45) is -1.25. The molecule has 5 nitrogen and oxygen atoms in total. The average molecular weight is 376 g/mol. The molecule has 134 valence electrons. The zero-order valence-corrected chi connectivity index (χ0v) is 15.8. The largest absolute Gasteiger partial charge is 0.465 e. The highest BCUT2D eigenvalue weighted by Crippen LogP contribution is 2.36. The van der Waals surface area contributed by atoms with Crippen LogP contribution in [0.1, 0.15) is 26.3 Å². The van der Waals surface area contributed by atoms with Gasteiger partial charge in [-0.1, -0.05) is 50.0 Å². The van der Waals surface area contributed by atoms with Gasteiger partial charge < -0.3 is 19.5 Å². The SMILES string of the molecule is CO[C@@]1(c2ccc(Cl)c(Cl)c2)CO[C@@H](C(C)(C)C)CN(C(=O)O)C1. The number of hydrogen-bond acceptors (Lipinski definition) is 3. The highest BCUT2D eigenvalue weighted by atomic mass is 35.5. The van der Waals surface area contributed by atoms with Crippen molar-refractivity contribution in [2.24, 2.45) is 5.41 Å². The Balaban J connectivity index is 2.44. The molecule has 1 aliphatic heterocycles. The van der Waals surface area contributed by atoms with Gasteiger partial charge in [-0.25, -0.2) is 4.79 Å². The molecule has 0 spiro atoms. The molecule has 1 saturated heterocycles. The van der Waals surface area contributed by atoms with Gasteiger partial charge in [0.2, 0.25) is 0 Å². The Morgan fingerprint density at radius 1 is 1.38 bits per heavy atom. The third kappa shape index (κ3) is 3.97. The molecule has 1 heterocycles. The van der Waals surface area contributed by atoms with Gasteiger partial charge in [0, 0.05) is 7.11 Å². The quantitative estimate of drug-likeness (QED) is 0.838. The molecule has 0 bridgehead atoms. The van der Waals surface area contributed by atoms with Crippen molar-refractivity contribution in [3.05, 3.63) is 33.8 Å². The molecule has 1 aliphatic rings. The summed E-state index contributed by atoms with van der Waals surface area (Å²) in [6.45, 7) is 6.74. The minimum absolute atomic E-state index is 0.156. The molecular formula is C17H23Cl2NO4. The van der Waals surface area contributed by atoms with E-state index in [-0.39, 0.29) is 31.2 Å². The highest BCUT2D eigenvalue weighted by molar-refractivity contribution is 6.42. The van der Waals surface area contributed by atoms with Crippen molar-refractivity contribution >= 4 is 29.3 Å². The maximum Gasteiger partial charge on any atom is 0.407 e. The zero-order valence-electron chi connectivity index (χ0n) is 14.3. The molecule has 0 radical (unpaired) electrons. The molecule has 2 atom stereocenters. The summed E-state index contributed by atoms with van der Waals surface area (Å²) in [6, 6.07) is 5.17. The van der Waals surface area contributed by atoms with E-state index in [1.54, 1.807) is 25.3 Å². The number of nitrogens with zero attached hydrogens (tertiary/aromatic N) is 1. The number of ether oxygens (including phenoxy) is 2. The van der Waals surface area contributed by atoms with Crippen LogP contribution in [0.4, 0.5) is 4.79 Å². The van der Waals surface area contributed by atoms with Gasteiger partial charge in [0.25, 0.3) is 0 Å². The summed E-state index contributed by atoms with van der Waals surface area (Å²) in [5.74, 6) is 0. The molecule has 1 aromatic carbocycles. The number of carboxylic acid groups (broad SMARTS) is 1. The van der Waals surface area contributed by atoms with E-state index < -0.39 is 11.7 Å². The number of methoxy groups -OCH3 is 1. The smallest absolute Gasteiger partial charge is 0.407 e. The number of rotatable bonds is 2. The van der Waals surface area contributed by atoms with E-state index in [1.807, 2.05) is 20.8 Å². The van der Waals surface area contributed by atoms with Gasteiger partial charge in [0.05, 0.1) is 35.8 Å². The molecule has 2 rings (SSSR count).